The third-order valence-corrected chi connectivity index (χ3v) is 7.18. The number of pyridine rings is 1. The molecule has 0 fully saturated rings. The predicted octanol–water partition coefficient (Wildman–Crippen LogP) is 5.21. The molecule has 15 heteroatoms. The lowest BCUT2D eigenvalue weighted by Crippen LogP contribution is -2.28. The number of nitrogens with zero attached hydrogens (tertiary/aromatic N) is 4. The molecule has 3 heterocycles. The van der Waals surface area contributed by atoms with E-state index in [0.717, 1.165) is 6.07 Å². The van der Waals surface area contributed by atoms with Crippen LogP contribution in [0.15, 0.2) is 54.7 Å². The van der Waals surface area contributed by atoms with Crippen LogP contribution in [0.5, 0.6) is 28.7 Å². The number of anilines is 1. The number of halogens is 3. The number of hydrogen-bond acceptors (Lipinski definition) is 10. The van der Waals surface area contributed by atoms with Crippen molar-refractivity contribution in [2.45, 2.75) is 13.1 Å². The van der Waals surface area contributed by atoms with E-state index in [4.69, 9.17) is 29.4 Å². The maximum atomic E-state index is 13.5. The standard InChI is InChI=1S/C32H31F3N6O6/c1-17-28(20-12-21(32(33,34)35)30(36)38-16-20)41-27(39-17)9-7-22(40-41)18-6-8-23(24(13-18)43-2)47-11-10-37-31(42)19-14-25(44-3)29(46-5)26(15-19)45-4/h6-9,12-16H,10-11H2,1-5H3,(H2,36,38)(H,37,42). The van der Waals surface area contributed by atoms with Gasteiger partial charge in [0.1, 0.15) is 12.4 Å². The molecule has 3 N–H and O–H groups in total. The van der Waals surface area contributed by atoms with E-state index in [0.29, 0.717) is 62.6 Å². The zero-order valence-electron chi connectivity index (χ0n) is 26.1. The monoisotopic (exact) mass is 652 g/mol. The van der Waals surface area contributed by atoms with Gasteiger partial charge in [0.15, 0.2) is 28.6 Å². The van der Waals surface area contributed by atoms with Gasteiger partial charge in [-0.1, -0.05) is 0 Å². The number of benzene rings is 2. The van der Waals surface area contributed by atoms with Crippen LogP contribution in [0.25, 0.3) is 28.2 Å². The highest BCUT2D eigenvalue weighted by Crippen LogP contribution is 2.39. The van der Waals surface area contributed by atoms with Crippen molar-refractivity contribution < 1.29 is 41.7 Å². The molecule has 3 aromatic heterocycles. The highest BCUT2D eigenvalue weighted by atomic mass is 19.4. The minimum absolute atomic E-state index is 0.128. The van der Waals surface area contributed by atoms with Crippen molar-refractivity contribution in [1.82, 2.24) is 24.9 Å². The smallest absolute Gasteiger partial charge is 0.419 e. The SMILES string of the molecule is COc1cc(-c2ccc3nc(C)c(-c4cnc(N)c(C(F)(F)F)c4)n3n2)ccc1OCCNC(=O)c1cc(OC)c(OC)c(OC)c1. The Morgan fingerprint density at radius 1 is 0.894 bits per heavy atom. The molecule has 0 unspecified atom stereocenters. The molecule has 0 atom stereocenters. The van der Waals surface area contributed by atoms with Crippen molar-refractivity contribution in [2.24, 2.45) is 0 Å². The molecular weight excluding hydrogens is 621 g/mol. The number of nitrogens with two attached hydrogens (primary N) is 1. The molecule has 5 aromatic rings. The first kappa shape index (κ1) is 32.7. The highest BCUT2D eigenvalue weighted by Gasteiger charge is 2.34. The molecule has 0 aliphatic rings. The Morgan fingerprint density at radius 3 is 2.23 bits per heavy atom. The molecule has 0 aliphatic carbocycles. The molecule has 0 radical (unpaired) electrons. The topological polar surface area (TPSA) is 144 Å². The second-order valence-corrected chi connectivity index (χ2v) is 10.1. The maximum Gasteiger partial charge on any atom is 0.419 e. The molecule has 12 nitrogen and oxygen atoms in total. The maximum absolute atomic E-state index is 13.5. The number of ether oxygens (including phenoxy) is 5. The normalized spacial score (nSPS) is 11.3. The molecule has 246 valence electrons. The van der Waals surface area contributed by atoms with Crippen LogP contribution in [0.2, 0.25) is 0 Å². The van der Waals surface area contributed by atoms with E-state index in [2.05, 4.69) is 20.4 Å². The summed E-state index contributed by atoms with van der Waals surface area (Å²) in [6.45, 7) is 1.98. The fourth-order valence-electron chi connectivity index (χ4n) is 4.95. The fraction of sp³-hybridized carbons (Fsp3) is 0.250. The zero-order valence-corrected chi connectivity index (χ0v) is 26.1. The Bertz CT molecular complexity index is 1920. The van der Waals surface area contributed by atoms with Gasteiger partial charge in [-0.15, -0.1) is 0 Å². The first-order chi connectivity index (χ1) is 22.5. The van der Waals surface area contributed by atoms with Crippen molar-refractivity contribution in [3.63, 3.8) is 0 Å². The number of carbonyl (C=O) groups is 1. The van der Waals surface area contributed by atoms with Gasteiger partial charge in [0.2, 0.25) is 5.75 Å². The Kier molecular flexibility index (Phi) is 9.26. The number of methoxy groups -OCH3 is 4. The molecule has 0 spiro atoms. The molecule has 0 saturated carbocycles. The summed E-state index contributed by atoms with van der Waals surface area (Å²) < 4.78 is 69.4. The molecule has 0 saturated heterocycles. The number of aromatic nitrogens is 4. The van der Waals surface area contributed by atoms with Crippen molar-refractivity contribution >= 4 is 17.4 Å². The number of carbonyl (C=O) groups excluding carboxylic acids is 1. The van der Waals surface area contributed by atoms with Crippen LogP contribution < -0.4 is 34.7 Å². The van der Waals surface area contributed by atoms with Crippen LogP contribution in [-0.4, -0.2) is 67.1 Å². The number of amides is 1. The van der Waals surface area contributed by atoms with E-state index in [1.165, 1.54) is 39.2 Å². The number of nitrogens with one attached hydrogen (secondary N) is 1. The van der Waals surface area contributed by atoms with E-state index >= 15 is 0 Å². The van der Waals surface area contributed by atoms with Gasteiger partial charge in [-0.05, 0) is 55.5 Å². The largest absolute Gasteiger partial charge is 0.493 e. The number of imidazole rings is 1. The second kappa shape index (κ2) is 13.3. The van der Waals surface area contributed by atoms with E-state index in [1.54, 1.807) is 49.4 Å². The molecule has 47 heavy (non-hydrogen) atoms. The lowest BCUT2D eigenvalue weighted by atomic mass is 10.1. The van der Waals surface area contributed by atoms with Crippen molar-refractivity contribution in [3.05, 3.63) is 71.5 Å². The van der Waals surface area contributed by atoms with Crippen LogP contribution in [-0.2, 0) is 6.18 Å². The quantitative estimate of drug-likeness (QED) is 0.183. The van der Waals surface area contributed by atoms with Crippen molar-refractivity contribution in [2.75, 3.05) is 47.3 Å². The van der Waals surface area contributed by atoms with Gasteiger partial charge in [0.25, 0.3) is 5.91 Å². The summed E-state index contributed by atoms with van der Waals surface area (Å²) in [6, 6.07) is 12.7. The van der Waals surface area contributed by atoms with Crippen LogP contribution in [0.3, 0.4) is 0 Å². The number of alkyl halides is 3. The highest BCUT2D eigenvalue weighted by molar-refractivity contribution is 5.95. The van der Waals surface area contributed by atoms with Crippen molar-refractivity contribution in [1.29, 1.82) is 0 Å². The van der Waals surface area contributed by atoms with Gasteiger partial charge < -0.3 is 34.7 Å². The van der Waals surface area contributed by atoms with Gasteiger partial charge in [-0.2, -0.15) is 18.3 Å². The summed E-state index contributed by atoms with van der Waals surface area (Å²) in [5, 5.41) is 7.45. The number of hydrogen-bond donors (Lipinski definition) is 2. The summed E-state index contributed by atoms with van der Waals surface area (Å²) in [5.41, 5.74) is 7.34. The average molecular weight is 653 g/mol. The number of aryl methyl sites for hydroxylation is 1. The first-order valence-corrected chi connectivity index (χ1v) is 14.1. The predicted molar refractivity (Wildman–Crippen MR) is 166 cm³/mol. The Morgan fingerprint density at radius 2 is 1.60 bits per heavy atom. The number of nitrogen functional groups attached to an aromatic ring is 1. The third kappa shape index (κ3) is 6.64. The summed E-state index contributed by atoms with van der Waals surface area (Å²) in [5.74, 6) is 0.922. The van der Waals surface area contributed by atoms with Gasteiger partial charge in [0.05, 0.1) is 57.6 Å². The van der Waals surface area contributed by atoms with Crippen LogP contribution in [0, 0.1) is 6.92 Å². The molecular formula is C32H31F3N6O6. The molecule has 0 bridgehead atoms. The van der Waals surface area contributed by atoms with E-state index < -0.39 is 17.6 Å². The van der Waals surface area contributed by atoms with Gasteiger partial charge in [-0.3, -0.25) is 4.79 Å². The van der Waals surface area contributed by atoms with E-state index in [-0.39, 0.29) is 24.6 Å². The number of fused-ring (bicyclic) bond motifs is 1. The Balaban J connectivity index is 1.32. The lowest BCUT2D eigenvalue weighted by molar-refractivity contribution is -0.137. The average Bonchev–Trinajstić information content (AvgIpc) is 3.40. The zero-order chi connectivity index (χ0) is 33.9. The molecule has 2 aromatic carbocycles. The second-order valence-electron chi connectivity index (χ2n) is 10.1. The molecule has 1 amide bonds. The molecule has 5 rings (SSSR count). The summed E-state index contributed by atoms with van der Waals surface area (Å²) >= 11 is 0. The van der Waals surface area contributed by atoms with Crippen LogP contribution in [0.1, 0.15) is 21.6 Å². The summed E-state index contributed by atoms with van der Waals surface area (Å²) in [4.78, 5) is 21.0. The Labute approximate surface area is 267 Å². The lowest BCUT2D eigenvalue weighted by Gasteiger charge is -2.15. The first-order valence-electron chi connectivity index (χ1n) is 14.1. The van der Waals surface area contributed by atoms with E-state index in [9.17, 15) is 18.0 Å². The molecule has 0 aliphatic heterocycles. The van der Waals surface area contributed by atoms with Crippen LogP contribution in [0.4, 0.5) is 19.0 Å². The minimum atomic E-state index is -4.68. The van der Waals surface area contributed by atoms with Crippen molar-refractivity contribution in [3.8, 4) is 51.3 Å². The van der Waals surface area contributed by atoms with Crippen LogP contribution >= 0.6 is 0 Å². The fourth-order valence-corrected chi connectivity index (χ4v) is 4.95. The number of rotatable bonds is 11. The Hall–Kier alpha value is -5.73. The minimum Gasteiger partial charge on any atom is -0.493 e. The summed E-state index contributed by atoms with van der Waals surface area (Å²) in [7, 11) is 5.89. The van der Waals surface area contributed by atoms with Gasteiger partial charge in [0, 0.05) is 22.9 Å². The third-order valence-electron chi connectivity index (χ3n) is 7.18. The van der Waals surface area contributed by atoms with E-state index in [1.807, 2.05) is 0 Å². The summed E-state index contributed by atoms with van der Waals surface area (Å²) in [6.07, 6.45) is -3.41. The van der Waals surface area contributed by atoms with Gasteiger partial charge in [-0.25, -0.2) is 14.5 Å². The van der Waals surface area contributed by atoms with Gasteiger partial charge >= 0.3 is 6.18 Å².